The SMILES string of the molecule is CCNC(=NCCOc1cccc(C)c1)NC1CCN(C(C)C)CC1.I. The Labute approximate surface area is 176 Å². The van der Waals surface area contributed by atoms with Gasteiger partial charge >= 0.3 is 0 Å². The van der Waals surface area contributed by atoms with Gasteiger partial charge < -0.3 is 20.3 Å². The zero-order valence-corrected chi connectivity index (χ0v) is 19.0. The summed E-state index contributed by atoms with van der Waals surface area (Å²) in [5.74, 6) is 1.81. The molecule has 0 saturated carbocycles. The summed E-state index contributed by atoms with van der Waals surface area (Å²) in [5, 5.41) is 6.92. The molecule has 2 N–H and O–H groups in total. The molecule has 1 saturated heterocycles. The molecule has 1 aromatic rings. The maximum Gasteiger partial charge on any atom is 0.191 e. The fourth-order valence-corrected chi connectivity index (χ4v) is 3.10. The highest BCUT2D eigenvalue weighted by atomic mass is 127. The first-order chi connectivity index (χ1) is 12.1. The smallest absolute Gasteiger partial charge is 0.191 e. The van der Waals surface area contributed by atoms with Crippen LogP contribution in [0, 0.1) is 6.92 Å². The molecule has 0 spiro atoms. The van der Waals surface area contributed by atoms with Crippen molar-refractivity contribution in [2.24, 2.45) is 4.99 Å². The third-order valence-corrected chi connectivity index (χ3v) is 4.56. The van der Waals surface area contributed by atoms with E-state index >= 15 is 0 Å². The lowest BCUT2D eigenvalue weighted by Gasteiger charge is -2.35. The second-order valence-electron chi connectivity index (χ2n) is 6.97. The first kappa shape index (κ1) is 23.0. The minimum atomic E-state index is 0. The summed E-state index contributed by atoms with van der Waals surface area (Å²) in [6.45, 7) is 13.1. The van der Waals surface area contributed by atoms with Gasteiger partial charge in [0.25, 0.3) is 0 Å². The van der Waals surface area contributed by atoms with E-state index in [9.17, 15) is 0 Å². The number of likely N-dealkylation sites (tertiary alicyclic amines) is 1. The van der Waals surface area contributed by atoms with Gasteiger partial charge in [-0.2, -0.15) is 0 Å². The number of aliphatic imine (C=N–C) groups is 1. The summed E-state index contributed by atoms with van der Waals surface area (Å²) < 4.78 is 5.78. The van der Waals surface area contributed by atoms with Gasteiger partial charge in [-0.3, -0.25) is 0 Å². The van der Waals surface area contributed by atoms with Crippen LogP contribution >= 0.6 is 24.0 Å². The van der Waals surface area contributed by atoms with E-state index in [2.05, 4.69) is 60.4 Å². The summed E-state index contributed by atoms with van der Waals surface area (Å²) in [7, 11) is 0. The lowest BCUT2D eigenvalue weighted by molar-refractivity contribution is 0.167. The molecule has 5 nitrogen and oxygen atoms in total. The molecule has 0 aromatic heterocycles. The number of rotatable bonds is 7. The quantitative estimate of drug-likeness (QED) is 0.275. The molecule has 148 valence electrons. The predicted molar refractivity (Wildman–Crippen MR) is 121 cm³/mol. The molecule has 1 heterocycles. The number of guanidine groups is 1. The standard InChI is InChI=1S/C20H34N4O.HI/c1-5-21-20(23-18-9-12-24(13-10-18)16(2)3)22-11-14-25-19-8-6-7-17(4)15-19;/h6-8,15-16,18H,5,9-14H2,1-4H3,(H2,21,22,23);1H. The number of hydrogen-bond acceptors (Lipinski definition) is 3. The van der Waals surface area contributed by atoms with E-state index in [-0.39, 0.29) is 24.0 Å². The largest absolute Gasteiger partial charge is 0.492 e. The molecule has 2 rings (SSSR count). The first-order valence-corrected chi connectivity index (χ1v) is 9.57. The zero-order chi connectivity index (χ0) is 18.1. The number of nitrogens with zero attached hydrogens (tertiary/aromatic N) is 2. The van der Waals surface area contributed by atoms with Crippen LogP contribution in [0.3, 0.4) is 0 Å². The van der Waals surface area contributed by atoms with Crippen LogP contribution in [0.15, 0.2) is 29.3 Å². The van der Waals surface area contributed by atoms with Crippen molar-refractivity contribution >= 4 is 29.9 Å². The fourth-order valence-electron chi connectivity index (χ4n) is 3.10. The molecule has 0 bridgehead atoms. The van der Waals surface area contributed by atoms with Gasteiger partial charge in [0, 0.05) is 31.7 Å². The van der Waals surface area contributed by atoms with Crippen molar-refractivity contribution in [1.82, 2.24) is 15.5 Å². The van der Waals surface area contributed by atoms with Crippen molar-refractivity contribution in [1.29, 1.82) is 0 Å². The van der Waals surface area contributed by atoms with Crippen LogP contribution in [-0.4, -0.2) is 55.7 Å². The Morgan fingerprint density at radius 2 is 2.04 bits per heavy atom. The summed E-state index contributed by atoms with van der Waals surface area (Å²) in [6.07, 6.45) is 2.34. The Bertz CT molecular complexity index is 542. The van der Waals surface area contributed by atoms with Gasteiger partial charge in [-0.15, -0.1) is 24.0 Å². The predicted octanol–water partition coefficient (Wildman–Crippen LogP) is 3.42. The van der Waals surface area contributed by atoms with Gasteiger partial charge in [-0.25, -0.2) is 4.99 Å². The molecular weight excluding hydrogens is 439 g/mol. The van der Waals surface area contributed by atoms with Crippen LogP contribution in [0.25, 0.3) is 0 Å². The van der Waals surface area contributed by atoms with Gasteiger partial charge in [0.1, 0.15) is 12.4 Å². The molecule has 1 aliphatic heterocycles. The molecule has 6 heteroatoms. The Kier molecular flexibility index (Phi) is 11.0. The van der Waals surface area contributed by atoms with E-state index < -0.39 is 0 Å². The van der Waals surface area contributed by atoms with Crippen LogP contribution < -0.4 is 15.4 Å². The lowest BCUT2D eigenvalue weighted by Crippen LogP contribution is -2.50. The molecule has 1 aromatic carbocycles. The van der Waals surface area contributed by atoms with Crippen LogP contribution in [0.1, 0.15) is 39.2 Å². The molecule has 0 atom stereocenters. The van der Waals surface area contributed by atoms with Crippen LogP contribution in [0.2, 0.25) is 0 Å². The number of piperidine rings is 1. The molecule has 0 unspecified atom stereocenters. The summed E-state index contributed by atoms with van der Waals surface area (Å²) in [6, 6.07) is 9.27. The van der Waals surface area contributed by atoms with Crippen molar-refractivity contribution in [3.05, 3.63) is 29.8 Å². The highest BCUT2D eigenvalue weighted by Gasteiger charge is 2.21. The second kappa shape index (κ2) is 12.4. The van der Waals surface area contributed by atoms with E-state index in [4.69, 9.17) is 4.74 Å². The lowest BCUT2D eigenvalue weighted by atomic mass is 10.0. The first-order valence-electron chi connectivity index (χ1n) is 9.57. The van der Waals surface area contributed by atoms with E-state index in [1.165, 1.54) is 18.4 Å². The van der Waals surface area contributed by atoms with E-state index in [0.29, 0.717) is 25.2 Å². The molecular formula is C20H35IN4O. The third-order valence-electron chi connectivity index (χ3n) is 4.56. The van der Waals surface area contributed by atoms with Crippen molar-refractivity contribution < 1.29 is 4.74 Å². The molecule has 0 amide bonds. The highest BCUT2D eigenvalue weighted by molar-refractivity contribution is 14.0. The van der Waals surface area contributed by atoms with Crippen LogP contribution in [-0.2, 0) is 0 Å². The third kappa shape index (κ3) is 8.12. The van der Waals surface area contributed by atoms with Crippen molar-refractivity contribution in [3.8, 4) is 5.75 Å². The molecule has 1 aliphatic rings. The number of benzene rings is 1. The number of ether oxygens (including phenoxy) is 1. The molecule has 0 aliphatic carbocycles. The number of halogens is 1. The van der Waals surface area contributed by atoms with Crippen molar-refractivity contribution in [2.75, 3.05) is 32.8 Å². The molecule has 1 fully saturated rings. The van der Waals surface area contributed by atoms with Gasteiger partial charge in [-0.05, 0) is 58.2 Å². The van der Waals surface area contributed by atoms with Crippen molar-refractivity contribution in [2.45, 2.75) is 52.6 Å². The van der Waals surface area contributed by atoms with Crippen molar-refractivity contribution in [3.63, 3.8) is 0 Å². The van der Waals surface area contributed by atoms with E-state index in [1.54, 1.807) is 0 Å². The topological polar surface area (TPSA) is 48.9 Å². The van der Waals surface area contributed by atoms with Crippen LogP contribution in [0.5, 0.6) is 5.75 Å². The molecule has 0 radical (unpaired) electrons. The van der Waals surface area contributed by atoms with Gasteiger partial charge in [0.2, 0.25) is 0 Å². The van der Waals surface area contributed by atoms with Gasteiger partial charge in [0.05, 0.1) is 6.54 Å². The minimum absolute atomic E-state index is 0. The zero-order valence-electron chi connectivity index (χ0n) is 16.6. The van der Waals surface area contributed by atoms with Gasteiger partial charge in [-0.1, -0.05) is 12.1 Å². The normalized spacial score (nSPS) is 16.3. The fraction of sp³-hybridized carbons (Fsp3) is 0.650. The highest BCUT2D eigenvalue weighted by Crippen LogP contribution is 2.13. The van der Waals surface area contributed by atoms with Gasteiger partial charge in [0.15, 0.2) is 5.96 Å². The van der Waals surface area contributed by atoms with Crippen LogP contribution in [0.4, 0.5) is 0 Å². The molecule has 26 heavy (non-hydrogen) atoms. The Hall–Kier alpha value is -1.02. The Morgan fingerprint density at radius 1 is 1.31 bits per heavy atom. The Balaban J connectivity index is 0.00000338. The monoisotopic (exact) mass is 474 g/mol. The number of nitrogens with one attached hydrogen (secondary N) is 2. The number of hydrogen-bond donors (Lipinski definition) is 2. The average molecular weight is 474 g/mol. The average Bonchev–Trinajstić information content (AvgIpc) is 2.59. The van der Waals surface area contributed by atoms with E-state index in [1.807, 2.05) is 12.1 Å². The summed E-state index contributed by atoms with van der Waals surface area (Å²) in [5.41, 5.74) is 1.21. The summed E-state index contributed by atoms with van der Waals surface area (Å²) in [4.78, 5) is 7.19. The minimum Gasteiger partial charge on any atom is -0.492 e. The maximum absolute atomic E-state index is 5.78. The van der Waals surface area contributed by atoms with E-state index in [0.717, 1.165) is 31.3 Å². The summed E-state index contributed by atoms with van der Waals surface area (Å²) >= 11 is 0. The maximum atomic E-state index is 5.78. The Morgan fingerprint density at radius 3 is 2.65 bits per heavy atom. The second-order valence-corrected chi connectivity index (χ2v) is 6.97. The number of aryl methyl sites for hydroxylation is 1.